The Morgan fingerprint density at radius 2 is 2.12 bits per heavy atom. The van der Waals surface area contributed by atoms with Crippen molar-refractivity contribution in [2.45, 2.75) is 12.5 Å². The fourth-order valence-electron chi connectivity index (χ4n) is 1.78. The van der Waals surface area contributed by atoms with Crippen LogP contribution in [0.3, 0.4) is 0 Å². The molecule has 1 heterocycles. The molecule has 0 radical (unpaired) electrons. The molecular formula is C10H20N4O2. The average Bonchev–Trinajstić information content (AvgIpc) is 2.63. The molecule has 1 rings (SSSR count). The lowest BCUT2D eigenvalue weighted by molar-refractivity contribution is -0.122. The van der Waals surface area contributed by atoms with Crippen LogP contribution in [0.2, 0.25) is 0 Å². The van der Waals surface area contributed by atoms with Gasteiger partial charge in [0.05, 0.1) is 6.54 Å². The minimum absolute atomic E-state index is 0.00811. The van der Waals surface area contributed by atoms with E-state index in [9.17, 15) is 9.59 Å². The molecule has 6 nitrogen and oxygen atoms in total. The number of rotatable bonds is 3. The average molecular weight is 228 g/mol. The SMILES string of the molecule is CNC(=O)N1CC[C@H](NC(=O)CN(C)C)C1. The molecule has 92 valence electrons. The molecule has 1 aliphatic heterocycles. The van der Waals surface area contributed by atoms with E-state index in [2.05, 4.69) is 10.6 Å². The smallest absolute Gasteiger partial charge is 0.317 e. The molecule has 0 aromatic heterocycles. The van der Waals surface area contributed by atoms with Gasteiger partial charge in [-0.3, -0.25) is 4.79 Å². The van der Waals surface area contributed by atoms with Gasteiger partial charge in [-0.05, 0) is 20.5 Å². The zero-order valence-electron chi connectivity index (χ0n) is 10.1. The first-order valence-corrected chi connectivity index (χ1v) is 5.43. The second-order valence-corrected chi connectivity index (χ2v) is 4.29. The molecule has 3 amide bonds. The van der Waals surface area contributed by atoms with E-state index in [0.29, 0.717) is 19.6 Å². The number of carbonyl (C=O) groups excluding carboxylic acids is 2. The van der Waals surface area contributed by atoms with Crippen LogP contribution in [-0.4, -0.2) is 68.6 Å². The monoisotopic (exact) mass is 228 g/mol. The Balaban J connectivity index is 2.31. The highest BCUT2D eigenvalue weighted by atomic mass is 16.2. The number of carbonyl (C=O) groups is 2. The molecule has 1 saturated heterocycles. The summed E-state index contributed by atoms with van der Waals surface area (Å²) in [6, 6.07) is 0.00843. The van der Waals surface area contributed by atoms with E-state index >= 15 is 0 Å². The van der Waals surface area contributed by atoms with E-state index in [-0.39, 0.29) is 18.0 Å². The lowest BCUT2D eigenvalue weighted by Crippen LogP contribution is -2.43. The normalized spacial score (nSPS) is 20.0. The molecule has 6 heteroatoms. The van der Waals surface area contributed by atoms with Crippen molar-refractivity contribution in [3.63, 3.8) is 0 Å². The molecule has 0 bridgehead atoms. The van der Waals surface area contributed by atoms with Gasteiger partial charge in [-0.25, -0.2) is 4.79 Å². The highest BCUT2D eigenvalue weighted by molar-refractivity contribution is 5.79. The minimum atomic E-state index is -0.0793. The van der Waals surface area contributed by atoms with Crippen molar-refractivity contribution in [1.82, 2.24) is 20.4 Å². The predicted molar refractivity (Wildman–Crippen MR) is 61.1 cm³/mol. The highest BCUT2D eigenvalue weighted by Crippen LogP contribution is 2.08. The Kier molecular flexibility index (Phi) is 4.54. The van der Waals surface area contributed by atoms with Gasteiger partial charge in [-0.1, -0.05) is 0 Å². The molecule has 0 unspecified atom stereocenters. The zero-order valence-corrected chi connectivity index (χ0v) is 10.1. The van der Waals surface area contributed by atoms with Crippen LogP contribution in [0.5, 0.6) is 0 Å². The van der Waals surface area contributed by atoms with Crippen molar-refractivity contribution in [3.05, 3.63) is 0 Å². The Labute approximate surface area is 96.0 Å². The molecule has 1 atom stereocenters. The van der Waals surface area contributed by atoms with Crippen LogP contribution in [0.25, 0.3) is 0 Å². The van der Waals surface area contributed by atoms with E-state index in [1.165, 1.54) is 0 Å². The van der Waals surface area contributed by atoms with Gasteiger partial charge in [-0.15, -0.1) is 0 Å². The molecular weight excluding hydrogens is 208 g/mol. The van der Waals surface area contributed by atoms with Crippen LogP contribution in [0, 0.1) is 0 Å². The van der Waals surface area contributed by atoms with Gasteiger partial charge in [0.15, 0.2) is 0 Å². The van der Waals surface area contributed by atoms with Gasteiger partial charge >= 0.3 is 6.03 Å². The van der Waals surface area contributed by atoms with E-state index in [1.54, 1.807) is 11.9 Å². The van der Waals surface area contributed by atoms with Gasteiger partial charge in [0.2, 0.25) is 5.91 Å². The van der Waals surface area contributed by atoms with Crippen LogP contribution in [0.1, 0.15) is 6.42 Å². The number of likely N-dealkylation sites (tertiary alicyclic amines) is 1. The predicted octanol–water partition coefficient (Wildman–Crippen LogP) is -0.922. The largest absolute Gasteiger partial charge is 0.350 e. The van der Waals surface area contributed by atoms with Crippen LogP contribution in [-0.2, 0) is 4.79 Å². The topological polar surface area (TPSA) is 64.7 Å². The third kappa shape index (κ3) is 3.69. The molecule has 1 fully saturated rings. The second kappa shape index (κ2) is 5.69. The van der Waals surface area contributed by atoms with Gasteiger partial charge < -0.3 is 20.4 Å². The van der Waals surface area contributed by atoms with Crippen molar-refractivity contribution in [2.24, 2.45) is 0 Å². The van der Waals surface area contributed by atoms with Crippen molar-refractivity contribution < 1.29 is 9.59 Å². The van der Waals surface area contributed by atoms with E-state index in [4.69, 9.17) is 0 Å². The summed E-state index contributed by atoms with van der Waals surface area (Å²) in [5.74, 6) is 0.00811. The quantitative estimate of drug-likeness (QED) is 0.656. The second-order valence-electron chi connectivity index (χ2n) is 4.29. The summed E-state index contributed by atoms with van der Waals surface area (Å²) in [5.41, 5.74) is 0. The van der Waals surface area contributed by atoms with Crippen molar-refractivity contribution in [3.8, 4) is 0 Å². The van der Waals surface area contributed by atoms with Crippen molar-refractivity contribution >= 4 is 11.9 Å². The fraction of sp³-hybridized carbons (Fsp3) is 0.800. The van der Waals surface area contributed by atoms with E-state index < -0.39 is 0 Å². The lowest BCUT2D eigenvalue weighted by atomic mass is 10.2. The molecule has 0 aliphatic carbocycles. The zero-order chi connectivity index (χ0) is 12.1. The van der Waals surface area contributed by atoms with Crippen molar-refractivity contribution in [1.29, 1.82) is 0 Å². The first kappa shape index (κ1) is 12.8. The summed E-state index contributed by atoms with van der Waals surface area (Å²) < 4.78 is 0. The maximum Gasteiger partial charge on any atom is 0.317 e. The first-order valence-electron chi connectivity index (χ1n) is 5.43. The van der Waals surface area contributed by atoms with E-state index in [1.807, 2.05) is 19.0 Å². The van der Waals surface area contributed by atoms with Gasteiger partial charge in [0.25, 0.3) is 0 Å². The standard InChI is InChI=1S/C10H20N4O2/c1-11-10(16)14-5-4-8(6-14)12-9(15)7-13(2)3/h8H,4-7H2,1-3H3,(H,11,16)(H,12,15)/t8-/m0/s1. The third-order valence-electron chi connectivity index (χ3n) is 2.51. The number of nitrogens with one attached hydrogen (secondary N) is 2. The molecule has 1 aliphatic rings. The molecule has 0 aromatic carbocycles. The molecule has 0 spiro atoms. The van der Waals surface area contributed by atoms with Crippen LogP contribution >= 0.6 is 0 Å². The van der Waals surface area contributed by atoms with Crippen LogP contribution < -0.4 is 10.6 Å². The number of hydrogen-bond donors (Lipinski definition) is 2. The Morgan fingerprint density at radius 1 is 1.44 bits per heavy atom. The number of nitrogens with zero attached hydrogens (tertiary/aromatic N) is 2. The Morgan fingerprint density at radius 3 is 2.69 bits per heavy atom. The minimum Gasteiger partial charge on any atom is -0.350 e. The Hall–Kier alpha value is -1.30. The maximum absolute atomic E-state index is 11.5. The molecule has 0 saturated carbocycles. The molecule has 16 heavy (non-hydrogen) atoms. The summed E-state index contributed by atoms with van der Waals surface area (Å²) in [6.45, 7) is 1.68. The maximum atomic E-state index is 11.5. The van der Waals surface area contributed by atoms with Gasteiger partial charge in [0, 0.05) is 26.2 Å². The highest BCUT2D eigenvalue weighted by Gasteiger charge is 2.26. The molecule has 0 aromatic rings. The third-order valence-corrected chi connectivity index (χ3v) is 2.51. The van der Waals surface area contributed by atoms with E-state index in [0.717, 1.165) is 6.42 Å². The van der Waals surface area contributed by atoms with Crippen LogP contribution in [0.15, 0.2) is 0 Å². The summed E-state index contributed by atoms with van der Waals surface area (Å²) in [7, 11) is 5.32. The number of amides is 3. The Bertz CT molecular complexity index is 268. The number of urea groups is 1. The summed E-state index contributed by atoms with van der Waals surface area (Å²) >= 11 is 0. The first-order chi connectivity index (χ1) is 7.52. The lowest BCUT2D eigenvalue weighted by Gasteiger charge is -2.17. The van der Waals surface area contributed by atoms with Crippen molar-refractivity contribution in [2.75, 3.05) is 40.8 Å². The number of likely N-dealkylation sites (N-methyl/N-ethyl adjacent to an activating group) is 1. The summed E-state index contributed by atoms with van der Waals surface area (Å²) in [6.07, 6.45) is 0.826. The number of hydrogen-bond acceptors (Lipinski definition) is 3. The van der Waals surface area contributed by atoms with Crippen LogP contribution in [0.4, 0.5) is 4.79 Å². The molecule has 2 N–H and O–H groups in total. The van der Waals surface area contributed by atoms with Gasteiger partial charge in [-0.2, -0.15) is 0 Å². The summed E-state index contributed by atoms with van der Waals surface area (Å²) in [4.78, 5) is 26.3. The van der Waals surface area contributed by atoms with Gasteiger partial charge in [0.1, 0.15) is 0 Å². The fourth-order valence-corrected chi connectivity index (χ4v) is 1.78. The summed E-state index contributed by atoms with van der Waals surface area (Å²) in [5, 5.41) is 5.50.